The average Bonchev–Trinajstić information content (AvgIpc) is 2.52. The van der Waals surface area contributed by atoms with E-state index in [0.717, 1.165) is 13.0 Å². The van der Waals surface area contributed by atoms with Gasteiger partial charge in [-0.2, -0.15) is 0 Å². The summed E-state index contributed by atoms with van der Waals surface area (Å²) in [6, 6.07) is 0. The first kappa shape index (κ1) is 21.9. The van der Waals surface area contributed by atoms with Gasteiger partial charge in [-0.05, 0) is 19.3 Å². The van der Waals surface area contributed by atoms with Crippen molar-refractivity contribution in [2.75, 3.05) is 19.8 Å². The summed E-state index contributed by atoms with van der Waals surface area (Å²) < 4.78 is 5.29. The molecule has 136 valence electrons. The minimum Gasteiger partial charge on any atom is -0.481 e. The predicted molar refractivity (Wildman–Crippen MR) is 92.5 cm³/mol. The van der Waals surface area contributed by atoms with Gasteiger partial charge in [0, 0.05) is 32.6 Å². The van der Waals surface area contributed by atoms with Crippen molar-refractivity contribution in [1.82, 2.24) is 5.32 Å². The van der Waals surface area contributed by atoms with Crippen molar-refractivity contribution in [1.29, 1.82) is 0 Å². The smallest absolute Gasteiger partial charge is 0.303 e. The van der Waals surface area contributed by atoms with Crippen LogP contribution in [-0.2, 0) is 14.3 Å². The van der Waals surface area contributed by atoms with Crippen LogP contribution >= 0.6 is 0 Å². The van der Waals surface area contributed by atoms with Crippen LogP contribution in [0.1, 0.15) is 84.0 Å². The Hall–Kier alpha value is -1.10. The van der Waals surface area contributed by atoms with Gasteiger partial charge in [-0.3, -0.25) is 9.59 Å². The van der Waals surface area contributed by atoms with Crippen molar-refractivity contribution >= 4 is 11.9 Å². The van der Waals surface area contributed by atoms with Crippen molar-refractivity contribution in [3.8, 4) is 0 Å². The molecule has 0 aromatic carbocycles. The van der Waals surface area contributed by atoms with Gasteiger partial charge in [-0.15, -0.1) is 0 Å². The lowest BCUT2D eigenvalue weighted by Gasteiger charge is -2.06. The molecule has 0 heterocycles. The first-order valence-electron chi connectivity index (χ1n) is 9.23. The van der Waals surface area contributed by atoms with Crippen molar-refractivity contribution < 1.29 is 19.4 Å². The molecule has 0 aromatic rings. The molecule has 0 saturated carbocycles. The Morgan fingerprint density at radius 3 is 2.00 bits per heavy atom. The number of aliphatic carboxylic acids is 1. The molecule has 5 heteroatoms. The number of nitrogens with one attached hydrogen (secondary N) is 1. The van der Waals surface area contributed by atoms with E-state index in [9.17, 15) is 9.59 Å². The van der Waals surface area contributed by atoms with E-state index in [2.05, 4.69) is 12.2 Å². The zero-order valence-corrected chi connectivity index (χ0v) is 14.8. The number of carbonyl (C=O) groups is 2. The fourth-order valence-electron chi connectivity index (χ4n) is 2.34. The lowest BCUT2D eigenvalue weighted by molar-refractivity contribution is -0.137. The van der Waals surface area contributed by atoms with E-state index in [1.807, 2.05) is 0 Å². The maximum atomic E-state index is 11.6. The topological polar surface area (TPSA) is 75.6 Å². The maximum absolute atomic E-state index is 11.6. The van der Waals surface area contributed by atoms with E-state index in [1.54, 1.807) is 0 Å². The summed E-state index contributed by atoms with van der Waals surface area (Å²) in [7, 11) is 0. The standard InChI is InChI=1S/C18H35NO4/c1-2-3-4-5-6-7-8-9-14-19-17(20)12-10-15-23-16-11-13-18(21)22/h2-16H2,1H3,(H,19,20)(H,21,22). The molecular weight excluding hydrogens is 294 g/mol. The van der Waals surface area contributed by atoms with Crippen molar-refractivity contribution in [2.24, 2.45) is 0 Å². The molecule has 0 fully saturated rings. The summed E-state index contributed by atoms with van der Waals surface area (Å²) in [6.45, 7) is 3.97. The predicted octanol–water partition coefficient (Wildman–Crippen LogP) is 3.90. The third-order valence-electron chi connectivity index (χ3n) is 3.72. The van der Waals surface area contributed by atoms with Crippen LogP contribution in [0.5, 0.6) is 0 Å². The Balaban J connectivity index is 3.17. The van der Waals surface area contributed by atoms with Crippen LogP contribution in [0.15, 0.2) is 0 Å². The molecule has 0 aliphatic carbocycles. The number of carboxylic acid groups (broad SMARTS) is 1. The van der Waals surface area contributed by atoms with Crippen LogP contribution in [0.3, 0.4) is 0 Å². The molecule has 1 amide bonds. The molecule has 0 aromatic heterocycles. The second-order valence-electron chi connectivity index (χ2n) is 6.04. The molecule has 0 rings (SSSR count). The van der Waals surface area contributed by atoms with Gasteiger partial charge in [0.05, 0.1) is 0 Å². The third kappa shape index (κ3) is 18.9. The summed E-state index contributed by atoms with van der Waals surface area (Å²) in [5, 5.41) is 11.4. The Morgan fingerprint density at radius 2 is 1.39 bits per heavy atom. The lowest BCUT2D eigenvalue weighted by atomic mass is 10.1. The quantitative estimate of drug-likeness (QED) is 0.397. The Bertz CT molecular complexity index is 295. The zero-order chi connectivity index (χ0) is 17.2. The van der Waals surface area contributed by atoms with Crippen molar-refractivity contribution in [3.63, 3.8) is 0 Å². The fourth-order valence-corrected chi connectivity index (χ4v) is 2.34. The van der Waals surface area contributed by atoms with Gasteiger partial charge in [0.1, 0.15) is 0 Å². The Morgan fingerprint density at radius 1 is 0.826 bits per heavy atom. The Labute approximate surface area is 141 Å². The van der Waals surface area contributed by atoms with Crippen LogP contribution in [0.2, 0.25) is 0 Å². The minimum absolute atomic E-state index is 0.0853. The number of carbonyl (C=O) groups excluding carboxylic acids is 1. The third-order valence-corrected chi connectivity index (χ3v) is 3.72. The highest BCUT2D eigenvalue weighted by Crippen LogP contribution is 2.07. The molecule has 23 heavy (non-hydrogen) atoms. The lowest BCUT2D eigenvalue weighted by Crippen LogP contribution is -2.24. The minimum atomic E-state index is -0.797. The molecule has 0 spiro atoms. The van der Waals surface area contributed by atoms with E-state index in [4.69, 9.17) is 9.84 Å². The molecule has 0 aliphatic heterocycles. The summed E-state index contributed by atoms with van der Waals surface area (Å²) in [6.07, 6.45) is 12.0. The van der Waals surface area contributed by atoms with Gasteiger partial charge in [-0.25, -0.2) is 0 Å². The van der Waals surface area contributed by atoms with E-state index in [1.165, 1.54) is 44.9 Å². The van der Waals surface area contributed by atoms with E-state index in [-0.39, 0.29) is 12.3 Å². The SMILES string of the molecule is CCCCCCCCCCNC(=O)CCCOCCCC(=O)O. The van der Waals surface area contributed by atoms with Crippen LogP contribution in [0.4, 0.5) is 0 Å². The highest BCUT2D eigenvalue weighted by Gasteiger charge is 2.01. The van der Waals surface area contributed by atoms with Gasteiger partial charge >= 0.3 is 5.97 Å². The second-order valence-corrected chi connectivity index (χ2v) is 6.04. The van der Waals surface area contributed by atoms with Gasteiger partial charge in [0.2, 0.25) is 5.91 Å². The van der Waals surface area contributed by atoms with E-state index in [0.29, 0.717) is 32.5 Å². The molecule has 0 unspecified atom stereocenters. The summed E-state index contributed by atoms with van der Waals surface area (Å²) in [4.78, 5) is 21.9. The van der Waals surface area contributed by atoms with Gasteiger partial charge in [0.25, 0.3) is 0 Å². The summed E-state index contributed by atoms with van der Waals surface area (Å²) >= 11 is 0. The normalized spacial score (nSPS) is 10.7. The van der Waals surface area contributed by atoms with Crippen LogP contribution < -0.4 is 5.32 Å². The van der Waals surface area contributed by atoms with Crippen LogP contribution in [-0.4, -0.2) is 36.7 Å². The first-order valence-corrected chi connectivity index (χ1v) is 9.23. The monoisotopic (exact) mass is 329 g/mol. The second kappa shape index (κ2) is 17.3. The summed E-state index contributed by atoms with van der Waals surface area (Å²) in [5.41, 5.74) is 0. The number of hydrogen-bond acceptors (Lipinski definition) is 3. The molecule has 2 N–H and O–H groups in total. The van der Waals surface area contributed by atoms with Gasteiger partial charge in [-0.1, -0.05) is 51.9 Å². The highest BCUT2D eigenvalue weighted by molar-refractivity contribution is 5.75. The number of rotatable bonds is 17. The fraction of sp³-hybridized carbons (Fsp3) is 0.889. The van der Waals surface area contributed by atoms with Crippen molar-refractivity contribution in [3.05, 3.63) is 0 Å². The number of hydrogen-bond donors (Lipinski definition) is 2. The maximum Gasteiger partial charge on any atom is 0.303 e. The molecule has 5 nitrogen and oxygen atoms in total. The molecule has 0 bridgehead atoms. The van der Waals surface area contributed by atoms with Crippen molar-refractivity contribution in [2.45, 2.75) is 84.0 Å². The van der Waals surface area contributed by atoms with Crippen LogP contribution in [0.25, 0.3) is 0 Å². The average molecular weight is 329 g/mol. The molecular formula is C18H35NO4. The summed E-state index contributed by atoms with van der Waals surface area (Å²) in [5.74, 6) is -0.712. The number of unbranched alkanes of at least 4 members (excludes halogenated alkanes) is 7. The molecule has 0 saturated heterocycles. The molecule has 0 radical (unpaired) electrons. The first-order chi connectivity index (χ1) is 11.2. The van der Waals surface area contributed by atoms with Crippen LogP contribution in [0, 0.1) is 0 Å². The number of ether oxygens (including phenoxy) is 1. The zero-order valence-electron chi connectivity index (χ0n) is 14.8. The molecule has 0 atom stereocenters. The van der Waals surface area contributed by atoms with E-state index >= 15 is 0 Å². The number of amides is 1. The van der Waals surface area contributed by atoms with E-state index < -0.39 is 5.97 Å². The van der Waals surface area contributed by atoms with Gasteiger partial charge in [0.15, 0.2) is 0 Å². The van der Waals surface area contributed by atoms with Gasteiger partial charge < -0.3 is 15.2 Å². The Kier molecular flexibility index (Phi) is 16.4. The largest absolute Gasteiger partial charge is 0.481 e. The highest BCUT2D eigenvalue weighted by atomic mass is 16.5. The number of carboxylic acids is 1. The molecule has 0 aliphatic rings.